The van der Waals surface area contributed by atoms with Crippen LogP contribution in [0.25, 0.3) is 11.1 Å². The Bertz CT molecular complexity index is 1100. The van der Waals surface area contributed by atoms with Gasteiger partial charge in [-0.1, -0.05) is 56.9 Å². The molecule has 2 saturated carbocycles. The summed E-state index contributed by atoms with van der Waals surface area (Å²) in [5.74, 6) is 0.417. The van der Waals surface area contributed by atoms with Gasteiger partial charge in [0, 0.05) is 24.2 Å². The van der Waals surface area contributed by atoms with Gasteiger partial charge in [0.05, 0.1) is 13.2 Å². The summed E-state index contributed by atoms with van der Waals surface area (Å²) in [6.07, 6.45) is 13.7. The number of aryl methyl sites for hydroxylation is 1. The summed E-state index contributed by atoms with van der Waals surface area (Å²) in [6, 6.07) is 8.21. The lowest BCUT2D eigenvalue weighted by atomic mass is 9.67. The van der Waals surface area contributed by atoms with Crippen LogP contribution in [0.1, 0.15) is 101 Å². The third-order valence-corrected chi connectivity index (χ3v) is 9.77. The van der Waals surface area contributed by atoms with E-state index >= 15 is 4.39 Å². The first-order chi connectivity index (χ1) is 19.9. The summed E-state index contributed by atoms with van der Waals surface area (Å²) in [7, 11) is 1.69. The minimum absolute atomic E-state index is 0.00472. The van der Waals surface area contributed by atoms with Gasteiger partial charge in [-0.2, -0.15) is 0 Å². The van der Waals surface area contributed by atoms with Crippen LogP contribution in [0.4, 0.5) is 13.2 Å². The third-order valence-electron chi connectivity index (χ3n) is 9.77. The second-order valence-corrected chi connectivity index (χ2v) is 12.5. The molecule has 2 aliphatic carbocycles. The monoisotopic (exact) mass is 572 g/mol. The molecule has 2 fully saturated rings. The van der Waals surface area contributed by atoms with Gasteiger partial charge < -0.3 is 9.47 Å². The Kier molecular flexibility index (Phi) is 12.1. The first-order valence-corrected chi connectivity index (χ1v) is 15.8. The normalized spacial score (nSPS) is 23.7. The average molecular weight is 573 g/mol. The molecule has 6 heteroatoms. The first-order valence-electron chi connectivity index (χ1n) is 15.8. The number of unbranched alkanes of at least 4 members (excludes halogenated alkanes) is 2. The van der Waals surface area contributed by atoms with E-state index in [4.69, 9.17) is 9.47 Å². The molecule has 0 radical (unpaired) electrons. The van der Waals surface area contributed by atoms with Crippen molar-refractivity contribution in [1.29, 1.82) is 0 Å². The summed E-state index contributed by atoms with van der Waals surface area (Å²) in [4.78, 5) is 10.6. The second kappa shape index (κ2) is 15.8. The summed E-state index contributed by atoms with van der Waals surface area (Å²) >= 11 is 0. The van der Waals surface area contributed by atoms with Crippen molar-refractivity contribution in [3.05, 3.63) is 58.9 Å². The number of carbonyl (C=O) groups is 1. The molecule has 0 spiro atoms. The van der Waals surface area contributed by atoms with Crippen molar-refractivity contribution < 1.29 is 27.4 Å². The fourth-order valence-electron chi connectivity index (χ4n) is 7.45. The van der Waals surface area contributed by atoms with Crippen molar-refractivity contribution >= 4 is 6.47 Å². The zero-order chi connectivity index (χ0) is 29.2. The Morgan fingerprint density at radius 2 is 1.54 bits per heavy atom. The average Bonchev–Trinajstić information content (AvgIpc) is 2.99. The van der Waals surface area contributed by atoms with Crippen molar-refractivity contribution in [2.24, 2.45) is 23.7 Å². The van der Waals surface area contributed by atoms with Crippen LogP contribution in [0, 0.1) is 41.1 Å². The zero-order valence-electron chi connectivity index (χ0n) is 24.8. The van der Waals surface area contributed by atoms with Gasteiger partial charge in [0.2, 0.25) is 0 Å². The minimum atomic E-state index is -0.954. The number of benzene rings is 2. The molecular formula is C35H47F3O3. The first kappa shape index (κ1) is 31.6. The van der Waals surface area contributed by atoms with E-state index in [9.17, 15) is 13.6 Å². The number of rotatable bonds is 14. The molecule has 0 aliphatic heterocycles. The van der Waals surface area contributed by atoms with E-state index < -0.39 is 17.5 Å². The SMILES string of the molecule is CCCCCc1ccc(-c2ccc(C3CCC(C4CCC(CC(COC)COC=O)CC4)CC3)cc2F)c(F)c1F. The van der Waals surface area contributed by atoms with Gasteiger partial charge in [-0.15, -0.1) is 0 Å². The molecule has 2 aliphatic rings. The molecule has 2 aromatic rings. The maximum atomic E-state index is 15.2. The molecule has 1 unspecified atom stereocenters. The summed E-state index contributed by atoms with van der Waals surface area (Å²) in [6.45, 7) is 3.64. The number of hydrogen-bond donors (Lipinski definition) is 0. The molecule has 226 valence electrons. The zero-order valence-corrected chi connectivity index (χ0v) is 24.8. The molecule has 3 nitrogen and oxygen atoms in total. The second-order valence-electron chi connectivity index (χ2n) is 12.5. The van der Waals surface area contributed by atoms with Crippen LogP contribution < -0.4 is 0 Å². The molecule has 1 atom stereocenters. The van der Waals surface area contributed by atoms with Crippen LogP contribution in [0.2, 0.25) is 0 Å². The van der Waals surface area contributed by atoms with E-state index in [1.54, 1.807) is 25.3 Å². The van der Waals surface area contributed by atoms with Gasteiger partial charge in [-0.05, 0) is 98.7 Å². The van der Waals surface area contributed by atoms with Crippen LogP contribution in [-0.2, 0) is 20.7 Å². The molecule has 4 rings (SSSR count). The van der Waals surface area contributed by atoms with Crippen molar-refractivity contribution in [2.75, 3.05) is 20.3 Å². The summed E-state index contributed by atoms with van der Waals surface area (Å²) in [5.41, 5.74) is 1.45. The highest BCUT2D eigenvalue weighted by Crippen LogP contribution is 2.45. The Hall–Kier alpha value is -2.34. The van der Waals surface area contributed by atoms with E-state index in [1.807, 2.05) is 6.07 Å². The lowest BCUT2D eigenvalue weighted by molar-refractivity contribution is -0.130. The molecule has 0 amide bonds. The number of methoxy groups -OCH3 is 1. The van der Waals surface area contributed by atoms with Gasteiger partial charge in [-0.25, -0.2) is 13.2 Å². The van der Waals surface area contributed by atoms with E-state index in [0.29, 0.717) is 43.5 Å². The van der Waals surface area contributed by atoms with E-state index in [2.05, 4.69) is 6.92 Å². The highest BCUT2D eigenvalue weighted by atomic mass is 19.2. The summed E-state index contributed by atoms with van der Waals surface area (Å²) in [5, 5.41) is 0. The highest BCUT2D eigenvalue weighted by molar-refractivity contribution is 5.66. The molecule has 0 saturated heterocycles. The maximum Gasteiger partial charge on any atom is 0.293 e. The van der Waals surface area contributed by atoms with Crippen LogP contribution in [0.3, 0.4) is 0 Å². The number of hydrogen-bond acceptors (Lipinski definition) is 3. The topological polar surface area (TPSA) is 35.5 Å². The van der Waals surface area contributed by atoms with Gasteiger partial charge in [0.25, 0.3) is 6.47 Å². The lowest BCUT2D eigenvalue weighted by Gasteiger charge is -2.38. The van der Waals surface area contributed by atoms with Crippen molar-refractivity contribution in [3.63, 3.8) is 0 Å². The fraction of sp³-hybridized carbons (Fsp3) is 0.629. The van der Waals surface area contributed by atoms with Crippen LogP contribution in [0.15, 0.2) is 30.3 Å². The van der Waals surface area contributed by atoms with Crippen LogP contribution in [0.5, 0.6) is 0 Å². The predicted octanol–water partition coefficient (Wildman–Crippen LogP) is 9.41. The molecule has 2 aromatic carbocycles. The van der Waals surface area contributed by atoms with Crippen molar-refractivity contribution in [3.8, 4) is 11.1 Å². The Balaban J connectivity index is 1.29. The molecule has 41 heavy (non-hydrogen) atoms. The maximum absolute atomic E-state index is 15.2. The minimum Gasteiger partial charge on any atom is -0.468 e. The van der Waals surface area contributed by atoms with E-state index in [1.165, 1.54) is 31.7 Å². The molecule has 0 N–H and O–H groups in total. The largest absolute Gasteiger partial charge is 0.468 e. The molecule has 0 aromatic heterocycles. The molecular weight excluding hydrogens is 525 g/mol. The summed E-state index contributed by atoms with van der Waals surface area (Å²) < 4.78 is 55.2. The van der Waals surface area contributed by atoms with Gasteiger partial charge >= 0.3 is 0 Å². The quantitative estimate of drug-likeness (QED) is 0.167. The Morgan fingerprint density at radius 1 is 0.854 bits per heavy atom. The third kappa shape index (κ3) is 8.37. The van der Waals surface area contributed by atoms with Crippen molar-refractivity contribution in [1.82, 2.24) is 0 Å². The van der Waals surface area contributed by atoms with Gasteiger partial charge in [0.15, 0.2) is 11.6 Å². The van der Waals surface area contributed by atoms with Gasteiger partial charge in [0.1, 0.15) is 5.82 Å². The smallest absolute Gasteiger partial charge is 0.293 e. The van der Waals surface area contributed by atoms with Crippen molar-refractivity contribution in [2.45, 2.75) is 96.3 Å². The highest BCUT2D eigenvalue weighted by Gasteiger charge is 2.32. The number of halogens is 3. The number of ether oxygens (including phenoxy) is 2. The van der Waals surface area contributed by atoms with Crippen LogP contribution in [-0.4, -0.2) is 26.8 Å². The van der Waals surface area contributed by atoms with E-state index in [-0.39, 0.29) is 17.0 Å². The molecule has 0 heterocycles. The Labute approximate surface area is 244 Å². The lowest BCUT2D eigenvalue weighted by Crippen LogP contribution is -2.27. The van der Waals surface area contributed by atoms with Gasteiger partial charge in [-0.3, -0.25) is 4.79 Å². The fourth-order valence-corrected chi connectivity index (χ4v) is 7.45. The van der Waals surface area contributed by atoms with E-state index in [0.717, 1.165) is 68.8 Å². The standard InChI is InChI=1S/C35H47F3O3/c1-3-4-5-6-29-15-18-32(35(38)34(29)37)31-17-16-30(20-33(31)36)28-13-11-27(12-14-28)26-9-7-24(8-10-26)19-25(21-40-2)22-41-23-39/h15-18,20,23-28H,3-14,19,21-22H2,1-2H3. The van der Waals surface area contributed by atoms with Crippen LogP contribution >= 0.6 is 0 Å². The number of carbonyl (C=O) groups excluding carboxylic acids is 1. The molecule has 0 bridgehead atoms. The Morgan fingerprint density at radius 3 is 2.17 bits per heavy atom. The predicted molar refractivity (Wildman–Crippen MR) is 157 cm³/mol.